The summed E-state index contributed by atoms with van der Waals surface area (Å²) in [6, 6.07) is 2.00. The first kappa shape index (κ1) is 13.5. The molecule has 1 atom stereocenters. The molecular weight excluding hydrogens is 254 g/mol. The minimum Gasteiger partial charge on any atom is -0.306 e. The molecule has 4 heteroatoms. The van der Waals surface area contributed by atoms with Gasteiger partial charge in [-0.05, 0) is 59.5 Å². The molecule has 2 heterocycles. The second kappa shape index (κ2) is 5.51. The van der Waals surface area contributed by atoms with E-state index >= 15 is 0 Å². The molecule has 1 aromatic heterocycles. The van der Waals surface area contributed by atoms with E-state index in [1.54, 1.807) is 0 Å². The van der Waals surface area contributed by atoms with Gasteiger partial charge in [-0.3, -0.25) is 0 Å². The van der Waals surface area contributed by atoms with Crippen molar-refractivity contribution in [3.63, 3.8) is 0 Å². The Morgan fingerprint density at radius 3 is 2.42 bits per heavy atom. The Morgan fingerprint density at radius 2 is 1.89 bits per heavy atom. The van der Waals surface area contributed by atoms with Crippen LogP contribution in [0, 0.1) is 13.8 Å². The fraction of sp³-hybridized carbons (Fsp3) is 0.800. The first-order chi connectivity index (χ1) is 9.13. The molecule has 1 aliphatic heterocycles. The third-order valence-corrected chi connectivity index (χ3v) is 5.33. The Hall–Kier alpha value is -0.450. The van der Waals surface area contributed by atoms with Crippen LogP contribution in [0.1, 0.15) is 54.2 Å². The van der Waals surface area contributed by atoms with Gasteiger partial charge >= 0.3 is 0 Å². The molecule has 0 radical (unpaired) electrons. The lowest BCUT2D eigenvalue weighted by Gasteiger charge is -2.33. The van der Waals surface area contributed by atoms with Gasteiger partial charge in [-0.1, -0.05) is 0 Å². The van der Waals surface area contributed by atoms with Gasteiger partial charge in [0, 0.05) is 23.0 Å². The van der Waals surface area contributed by atoms with Crippen LogP contribution in [0.25, 0.3) is 0 Å². The maximum Gasteiger partial charge on any atom is 0.0900 e. The molecule has 1 saturated carbocycles. The lowest BCUT2D eigenvalue weighted by atomic mass is 10.0. The molecule has 1 N–H and O–H groups in total. The lowest BCUT2D eigenvalue weighted by molar-refractivity contribution is 0.184. The van der Waals surface area contributed by atoms with E-state index in [0.29, 0.717) is 12.1 Å². The zero-order valence-corrected chi connectivity index (χ0v) is 13.1. The van der Waals surface area contributed by atoms with Crippen molar-refractivity contribution in [2.45, 2.75) is 64.6 Å². The predicted molar refractivity (Wildman–Crippen MR) is 80.8 cm³/mol. The molecule has 3 rings (SSSR count). The highest BCUT2D eigenvalue weighted by molar-refractivity contribution is 7.11. The van der Waals surface area contributed by atoms with E-state index in [0.717, 1.165) is 6.04 Å². The Balaban J connectivity index is 1.52. The van der Waals surface area contributed by atoms with Gasteiger partial charge in [-0.15, -0.1) is 11.3 Å². The van der Waals surface area contributed by atoms with Crippen LogP contribution in [0.5, 0.6) is 0 Å². The van der Waals surface area contributed by atoms with Crippen LogP contribution in [0.4, 0.5) is 0 Å². The molecular formula is C15H25N3S. The van der Waals surface area contributed by atoms with Crippen LogP contribution >= 0.6 is 11.3 Å². The molecule has 0 spiro atoms. The van der Waals surface area contributed by atoms with Crippen LogP contribution in [-0.2, 0) is 0 Å². The highest BCUT2D eigenvalue weighted by atomic mass is 32.1. The Kier molecular flexibility index (Phi) is 3.92. The molecule has 1 aromatic rings. The first-order valence-corrected chi connectivity index (χ1v) is 8.39. The molecule has 0 unspecified atom stereocenters. The van der Waals surface area contributed by atoms with Crippen molar-refractivity contribution >= 4 is 11.3 Å². The third kappa shape index (κ3) is 3.18. The number of nitrogens with one attached hydrogen (secondary N) is 1. The maximum atomic E-state index is 4.67. The molecule has 106 valence electrons. The molecule has 1 saturated heterocycles. The molecule has 0 amide bonds. The zero-order chi connectivity index (χ0) is 13.4. The highest BCUT2D eigenvalue weighted by Gasteiger charge is 2.32. The molecule has 19 heavy (non-hydrogen) atoms. The molecule has 2 aliphatic rings. The van der Waals surface area contributed by atoms with Crippen molar-refractivity contribution in [2.24, 2.45) is 0 Å². The number of hydrogen-bond acceptors (Lipinski definition) is 4. The topological polar surface area (TPSA) is 28.2 Å². The predicted octanol–water partition coefficient (Wildman–Crippen LogP) is 3.04. The van der Waals surface area contributed by atoms with E-state index in [2.05, 4.69) is 36.0 Å². The van der Waals surface area contributed by atoms with Gasteiger partial charge in [-0.2, -0.15) is 0 Å². The SMILES string of the molecule is Cc1nc([C@H](C)NC2CCN(C3CC3)CC2)c(C)s1. The fourth-order valence-electron chi connectivity index (χ4n) is 3.25. The number of thiazole rings is 1. The van der Waals surface area contributed by atoms with Gasteiger partial charge in [0.15, 0.2) is 0 Å². The van der Waals surface area contributed by atoms with Crippen molar-refractivity contribution in [1.82, 2.24) is 15.2 Å². The molecule has 1 aliphatic carbocycles. The van der Waals surface area contributed by atoms with E-state index in [1.165, 1.54) is 54.4 Å². The number of aromatic nitrogens is 1. The van der Waals surface area contributed by atoms with Crippen molar-refractivity contribution in [1.29, 1.82) is 0 Å². The number of nitrogens with zero attached hydrogens (tertiary/aromatic N) is 2. The summed E-state index contributed by atoms with van der Waals surface area (Å²) in [6.45, 7) is 9.11. The van der Waals surface area contributed by atoms with Crippen LogP contribution in [0.2, 0.25) is 0 Å². The standard InChI is InChI=1S/C15H25N3S/c1-10(15-11(2)19-12(3)17-15)16-13-6-8-18(9-7-13)14-4-5-14/h10,13-14,16H,4-9H2,1-3H3/t10-/m0/s1. The molecule has 0 aromatic carbocycles. The van der Waals surface area contributed by atoms with Crippen molar-refractivity contribution in [3.8, 4) is 0 Å². The summed E-state index contributed by atoms with van der Waals surface area (Å²) in [4.78, 5) is 8.72. The van der Waals surface area contributed by atoms with Gasteiger partial charge in [0.05, 0.1) is 10.7 Å². The second-order valence-corrected chi connectivity index (χ2v) is 7.51. The van der Waals surface area contributed by atoms with E-state index in [-0.39, 0.29) is 0 Å². The van der Waals surface area contributed by atoms with E-state index in [9.17, 15) is 0 Å². The average molecular weight is 279 g/mol. The monoisotopic (exact) mass is 279 g/mol. The molecule has 0 bridgehead atoms. The van der Waals surface area contributed by atoms with Crippen molar-refractivity contribution in [3.05, 3.63) is 15.6 Å². The maximum absolute atomic E-state index is 4.67. The minimum absolute atomic E-state index is 0.391. The summed E-state index contributed by atoms with van der Waals surface area (Å²) in [5.41, 5.74) is 1.26. The van der Waals surface area contributed by atoms with Gasteiger partial charge in [-0.25, -0.2) is 4.98 Å². The normalized spacial score (nSPS) is 23.7. The van der Waals surface area contributed by atoms with Crippen molar-refractivity contribution < 1.29 is 0 Å². The number of piperidine rings is 1. The molecule has 3 nitrogen and oxygen atoms in total. The zero-order valence-electron chi connectivity index (χ0n) is 12.3. The van der Waals surface area contributed by atoms with Crippen LogP contribution in [0.15, 0.2) is 0 Å². The highest BCUT2D eigenvalue weighted by Crippen LogP contribution is 2.30. The van der Waals surface area contributed by atoms with E-state index in [1.807, 2.05) is 11.3 Å². The van der Waals surface area contributed by atoms with Crippen LogP contribution in [0.3, 0.4) is 0 Å². The quantitative estimate of drug-likeness (QED) is 0.918. The van der Waals surface area contributed by atoms with Gasteiger partial charge < -0.3 is 10.2 Å². The average Bonchev–Trinajstić information content (AvgIpc) is 3.16. The fourth-order valence-corrected chi connectivity index (χ4v) is 4.16. The van der Waals surface area contributed by atoms with Gasteiger partial charge in [0.25, 0.3) is 0 Å². The molecule has 2 fully saturated rings. The number of aryl methyl sites for hydroxylation is 2. The summed E-state index contributed by atoms with van der Waals surface area (Å²) in [5.74, 6) is 0. The van der Waals surface area contributed by atoms with E-state index < -0.39 is 0 Å². The smallest absolute Gasteiger partial charge is 0.0900 e. The summed E-state index contributed by atoms with van der Waals surface area (Å²) >= 11 is 1.81. The van der Waals surface area contributed by atoms with Crippen LogP contribution < -0.4 is 5.32 Å². The summed E-state index contributed by atoms with van der Waals surface area (Å²) in [5, 5.41) is 4.97. The summed E-state index contributed by atoms with van der Waals surface area (Å²) in [6.07, 6.45) is 5.46. The number of hydrogen-bond donors (Lipinski definition) is 1. The number of rotatable bonds is 4. The van der Waals surface area contributed by atoms with Crippen LogP contribution in [-0.4, -0.2) is 35.1 Å². The Bertz CT molecular complexity index is 431. The summed E-state index contributed by atoms with van der Waals surface area (Å²) < 4.78 is 0. The lowest BCUT2D eigenvalue weighted by Crippen LogP contribution is -2.44. The van der Waals surface area contributed by atoms with Gasteiger partial charge in [0.1, 0.15) is 0 Å². The van der Waals surface area contributed by atoms with Crippen molar-refractivity contribution in [2.75, 3.05) is 13.1 Å². The van der Waals surface area contributed by atoms with Gasteiger partial charge in [0.2, 0.25) is 0 Å². The second-order valence-electron chi connectivity index (χ2n) is 6.10. The summed E-state index contributed by atoms with van der Waals surface area (Å²) in [7, 11) is 0. The number of likely N-dealkylation sites (tertiary alicyclic amines) is 1. The largest absolute Gasteiger partial charge is 0.306 e. The Labute approximate surface area is 120 Å². The first-order valence-electron chi connectivity index (χ1n) is 7.57. The minimum atomic E-state index is 0.391. The third-order valence-electron chi connectivity index (χ3n) is 4.43. The Morgan fingerprint density at radius 1 is 1.21 bits per heavy atom. The van der Waals surface area contributed by atoms with E-state index in [4.69, 9.17) is 0 Å².